The third kappa shape index (κ3) is 5.09. The predicted octanol–water partition coefficient (Wildman–Crippen LogP) is 4.61. The first-order chi connectivity index (χ1) is 12.2. The van der Waals surface area contributed by atoms with E-state index in [1.165, 1.54) is 25.1 Å². The van der Waals surface area contributed by atoms with Crippen LogP contribution >= 0.6 is 23.2 Å². The molecule has 0 fully saturated rings. The van der Waals surface area contributed by atoms with E-state index in [1.807, 2.05) is 0 Å². The molecule has 2 rings (SSSR count). The van der Waals surface area contributed by atoms with Gasteiger partial charge >= 0.3 is 5.97 Å². The average molecular weight is 400 g/mol. The first-order valence-corrected chi connectivity index (χ1v) is 8.32. The van der Waals surface area contributed by atoms with Gasteiger partial charge in [-0.15, -0.1) is 0 Å². The van der Waals surface area contributed by atoms with Crippen LogP contribution in [0.25, 0.3) is 0 Å². The second-order valence-electron chi connectivity index (χ2n) is 5.71. The second kappa shape index (κ2) is 8.38. The number of carbonyl (C=O) groups is 2. The van der Waals surface area contributed by atoms with Gasteiger partial charge < -0.3 is 15.2 Å². The van der Waals surface area contributed by atoms with Crippen molar-refractivity contribution in [3.05, 3.63) is 56.8 Å². The van der Waals surface area contributed by atoms with Gasteiger partial charge in [0.2, 0.25) is 5.91 Å². The largest absolute Gasteiger partial charge is 0.486 e. The number of anilines is 1. The van der Waals surface area contributed by atoms with E-state index in [4.69, 9.17) is 33.0 Å². The minimum absolute atomic E-state index is 0.0603. The van der Waals surface area contributed by atoms with Crippen LogP contribution in [0, 0.1) is 12.7 Å². The van der Waals surface area contributed by atoms with Crippen LogP contribution in [0.3, 0.4) is 0 Å². The molecule has 0 spiro atoms. The molecule has 0 saturated heterocycles. The van der Waals surface area contributed by atoms with Crippen LogP contribution in [0.1, 0.15) is 23.6 Å². The van der Waals surface area contributed by atoms with Gasteiger partial charge in [0.05, 0.1) is 22.2 Å². The fraction of sp³-hybridized carbons (Fsp3) is 0.222. The molecule has 0 saturated carbocycles. The van der Waals surface area contributed by atoms with E-state index in [1.54, 1.807) is 13.0 Å². The summed E-state index contributed by atoms with van der Waals surface area (Å²) < 4.78 is 20.0. The minimum Gasteiger partial charge on any atom is -0.486 e. The molecule has 8 heteroatoms. The third-order valence-corrected chi connectivity index (χ3v) is 3.95. The molecular weight excluding hydrogens is 384 g/mol. The Hall–Kier alpha value is -2.31. The van der Waals surface area contributed by atoms with Crippen molar-refractivity contribution in [2.75, 3.05) is 5.32 Å². The normalized spacial score (nSPS) is 10.5. The lowest BCUT2D eigenvalue weighted by Crippen LogP contribution is -2.10. The fourth-order valence-corrected chi connectivity index (χ4v) is 3.05. The van der Waals surface area contributed by atoms with E-state index in [0.29, 0.717) is 5.56 Å². The molecule has 1 amide bonds. The number of benzene rings is 2. The summed E-state index contributed by atoms with van der Waals surface area (Å²) in [6, 6.07) is 5.97. The number of carbonyl (C=O) groups excluding carboxylic acids is 1. The van der Waals surface area contributed by atoms with Gasteiger partial charge in [-0.3, -0.25) is 9.59 Å². The topological polar surface area (TPSA) is 75.6 Å². The van der Waals surface area contributed by atoms with Crippen molar-refractivity contribution in [2.45, 2.75) is 26.9 Å². The molecule has 0 radical (unpaired) electrons. The summed E-state index contributed by atoms with van der Waals surface area (Å²) in [6.07, 6.45) is -0.230. The van der Waals surface area contributed by atoms with Crippen LogP contribution in [-0.4, -0.2) is 17.0 Å². The molecule has 26 heavy (non-hydrogen) atoms. The van der Waals surface area contributed by atoms with Crippen LogP contribution in [0.5, 0.6) is 5.75 Å². The highest BCUT2D eigenvalue weighted by Crippen LogP contribution is 2.35. The number of carboxylic acids is 1. The number of aryl methyl sites for hydroxylation is 1. The van der Waals surface area contributed by atoms with E-state index >= 15 is 0 Å². The number of rotatable bonds is 6. The average Bonchev–Trinajstić information content (AvgIpc) is 2.49. The summed E-state index contributed by atoms with van der Waals surface area (Å²) in [5.41, 5.74) is 1.44. The number of hydrogen-bond acceptors (Lipinski definition) is 3. The molecule has 2 N–H and O–H groups in total. The number of aliphatic carboxylic acids is 1. The standard InChI is InChI=1S/C18H16Cl2FNO4/c1-9-3-12(17(21)15(4-9)22-10(2)23)8-26-18-13(19)5-11(6-14(18)20)7-16(24)25/h3-6H,7-8H2,1-2H3,(H,22,23)(H,24,25). The Labute approximate surface area is 159 Å². The maximum Gasteiger partial charge on any atom is 0.307 e. The third-order valence-electron chi connectivity index (χ3n) is 3.39. The van der Waals surface area contributed by atoms with Crippen molar-refractivity contribution in [2.24, 2.45) is 0 Å². The number of amides is 1. The van der Waals surface area contributed by atoms with Crippen molar-refractivity contribution in [1.29, 1.82) is 0 Å². The van der Waals surface area contributed by atoms with E-state index in [0.717, 1.165) is 5.56 Å². The predicted molar refractivity (Wildman–Crippen MR) is 97.6 cm³/mol. The molecule has 0 unspecified atom stereocenters. The Morgan fingerprint density at radius 2 is 1.81 bits per heavy atom. The van der Waals surface area contributed by atoms with E-state index in [2.05, 4.69) is 5.32 Å². The van der Waals surface area contributed by atoms with Gasteiger partial charge in [0.1, 0.15) is 6.61 Å². The summed E-state index contributed by atoms with van der Waals surface area (Å²) in [5.74, 6) is -1.88. The molecule has 5 nitrogen and oxygen atoms in total. The first kappa shape index (κ1) is 20.0. The van der Waals surface area contributed by atoms with Gasteiger partial charge in [0.15, 0.2) is 11.6 Å². The summed E-state index contributed by atoms with van der Waals surface area (Å²) in [5, 5.41) is 11.5. The molecule has 0 aromatic heterocycles. The lowest BCUT2D eigenvalue weighted by molar-refractivity contribution is -0.136. The zero-order chi connectivity index (χ0) is 19.4. The summed E-state index contributed by atoms with van der Waals surface area (Å²) >= 11 is 12.2. The van der Waals surface area contributed by atoms with Crippen LogP contribution in [-0.2, 0) is 22.6 Å². The minimum atomic E-state index is -1.02. The monoisotopic (exact) mass is 399 g/mol. The van der Waals surface area contributed by atoms with Gasteiger partial charge in [-0.25, -0.2) is 4.39 Å². The first-order valence-electron chi connectivity index (χ1n) is 7.56. The maximum absolute atomic E-state index is 14.5. The molecule has 0 bridgehead atoms. The van der Waals surface area contributed by atoms with E-state index in [9.17, 15) is 14.0 Å². The van der Waals surface area contributed by atoms with Crippen molar-refractivity contribution >= 4 is 40.8 Å². The molecule has 0 aliphatic rings. The number of ether oxygens (including phenoxy) is 1. The Morgan fingerprint density at radius 1 is 1.19 bits per heavy atom. The fourth-order valence-electron chi connectivity index (χ4n) is 2.41. The quantitative estimate of drug-likeness (QED) is 0.743. The second-order valence-corrected chi connectivity index (χ2v) is 6.53. The Kier molecular flexibility index (Phi) is 6.45. The summed E-state index contributed by atoms with van der Waals surface area (Å²) in [6.45, 7) is 2.88. The van der Waals surface area contributed by atoms with E-state index < -0.39 is 11.8 Å². The van der Waals surface area contributed by atoms with Gasteiger partial charge in [0, 0.05) is 12.5 Å². The van der Waals surface area contributed by atoms with Gasteiger partial charge in [-0.2, -0.15) is 0 Å². The maximum atomic E-state index is 14.5. The van der Waals surface area contributed by atoms with Crippen LogP contribution in [0.4, 0.5) is 10.1 Å². The van der Waals surface area contributed by atoms with Crippen molar-refractivity contribution in [1.82, 2.24) is 0 Å². The van der Waals surface area contributed by atoms with Crippen LogP contribution in [0.2, 0.25) is 10.0 Å². The molecule has 2 aromatic rings. The lowest BCUT2D eigenvalue weighted by Gasteiger charge is -2.14. The number of carboxylic acid groups (broad SMARTS) is 1. The number of halogens is 3. The summed E-state index contributed by atoms with van der Waals surface area (Å²) in [4.78, 5) is 22.0. The zero-order valence-electron chi connectivity index (χ0n) is 14.0. The van der Waals surface area contributed by atoms with Crippen LogP contribution in [0.15, 0.2) is 24.3 Å². The van der Waals surface area contributed by atoms with Gasteiger partial charge in [-0.1, -0.05) is 23.2 Å². The molecule has 0 aliphatic heterocycles. The smallest absolute Gasteiger partial charge is 0.307 e. The van der Waals surface area contributed by atoms with Crippen molar-refractivity contribution in [3.8, 4) is 5.75 Å². The molecule has 2 aromatic carbocycles. The Bertz CT molecular complexity index is 848. The van der Waals surface area contributed by atoms with E-state index in [-0.39, 0.29) is 46.0 Å². The number of nitrogens with one attached hydrogen (secondary N) is 1. The highest BCUT2D eigenvalue weighted by atomic mass is 35.5. The molecular formula is C18H16Cl2FNO4. The summed E-state index contributed by atoms with van der Waals surface area (Å²) in [7, 11) is 0. The number of hydrogen-bond donors (Lipinski definition) is 2. The molecule has 0 atom stereocenters. The molecule has 0 heterocycles. The zero-order valence-corrected chi connectivity index (χ0v) is 15.5. The van der Waals surface area contributed by atoms with Crippen LogP contribution < -0.4 is 10.1 Å². The van der Waals surface area contributed by atoms with Gasteiger partial charge in [-0.05, 0) is 42.3 Å². The lowest BCUT2D eigenvalue weighted by atomic mass is 10.1. The Balaban J connectivity index is 2.25. The Morgan fingerprint density at radius 3 is 2.35 bits per heavy atom. The van der Waals surface area contributed by atoms with Crippen molar-refractivity contribution < 1.29 is 23.8 Å². The van der Waals surface area contributed by atoms with Crippen molar-refractivity contribution in [3.63, 3.8) is 0 Å². The van der Waals surface area contributed by atoms with Gasteiger partial charge in [0.25, 0.3) is 0 Å². The highest BCUT2D eigenvalue weighted by molar-refractivity contribution is 6.37. The highest BCUT2D eigenvalue weighted by Gasteiger charge is 2.15. The molecule has 0 aliphatic carbocycles. The molecule has 138 valence electrons. The SMILES string of the molecule is CC(=O)Nc1cc(C)cc(COc2c(Cl)cc(CC(=O)O)cc2Cl)c1F.